The van der Waals surface area contributed by atoms with Gasteiger partial charge in [0.05, 0.1) is 5.56 Å². The maximum Gasteiger partial charge on any atom is 0.707 e. The highest BCUT2D eigenvalue weighted by Crippen LogP contribution is 2.20. The first kappa shape index (κ1) is 13.5. The highest BCUT2D eigenvalue weighted by molar-refractivity contribution is 6.34. The van der Waals surface area contributed by atoms with Crippen molar-refractivity contribution in [1.82, 2.24) is 4.90 Å². The lowest BCUT2D eigenvalue weighted by Gasteiger charge is -2.20. The Balaban J connectivity index is 2.99. The van der Waals surface area contributed by atoms with E-state index < -0.39 is 7.32 Å². The van der Waals surface area contributed by atoms with Gasteiger partial charge in [0.2, 0.25) is 0 Å². The van der Waals surface area contributed by atoms with Crippen molar-refractivity contribution in [1.29, 1.82) is 0 Å². The quantitative estimate of drug-likeness (QED) is 0.732. The van der Waals surface area contributed by atoms with Crippen LogP contribution in [0.2, 0.25) is 0 Å². The van der Waals surface area contributed by atoms with Crippen molar-refractivity contribution in [3.8, 4) is 5.75 Å². The Morgan fingerprint density at radius 1 is 1.29 bits per heavy atom. The molecule has 0 radical (unpaired) electrons. The summed E-state index contributed by atoms with van der Waals surface area (Å²) in [6.45, 7) is 4.94. The van der Waals surface area contributed by atoms with Gasteiger partial charge < -0.3 is 19.6 Å². The molecule has 0 aliphatic heterocycles. The molecule has 0 spiro atoms. The Hall–Kier alpha value is -1.53. The van der Waals surface area contributed by atoms with E-state index in [1.165, 1.54) is 6.07 Å². The molecule has 0 heterocycles. The van der Waals surface area contributed by atoms with Crippen LogP contribution >= 0.6 is 0 Å². The molecule has 92 valence electrons. The van der Waals surface area contributed by atoms with Crippen LogP contribution in [0, 0.1) is 0 Å². The van der Waals surface area contributed by atoms with Crippen molar-refractivity contribution < 1.29 is 19.5 Å². The lowest BCUT2D eigenvalue weighted by molar-refractivity contribution is 0.0770. The van der Waals surface area contributed by atoms with Gasteiger partial charge in [0, 0.05) is 13.1 Å². The topological polar surface area (TPSA) is 70.0 Å². The predicted octanol–water partition coefficient (Wildman–Crippen LogP) is 0.517. The minimum atomic E-state index is -1.93. The molecule has 1 rings (SSSR count). The van der Waals surface area contributed by atoms with Crippen molar-refractivity contribution in [2.75, 3.05) is 13.1 Å². The van der Waals surface area contributed by atoms with Crippen LogP contribution in [0.1, 0.15) is 24.2 Å². The molecule has 1 aromatic rings. The standard InChI is InChI=1S/C11H16BNO4/c1-3-13(4-2)11(14)9-7-5-6-8-10(9)17-12(15)16/h5-8,15-16H,3-4H2,1-2H3. The normalized spacial score (nSPS) is 9.88. The lowest BCUT2D eigenvalue weighted by Crippen LogP contribution is -2.31. The van der Waals surface area contributed by atoms with Gasteiger partial charge in [0.1, 0.15) is 5.75 Å². The molecule has 17 heavy (non-hydrogen) atoms. The molecule has 0 aliphatic carbocycles. The zero-order valence-electron chi connectivity index (χ0n) is 9.96. The smallest absolute Gasteiger partial charge is 0.511 e. The summed E-state index contributed by atoms with van der Waals surface area (Å²) in [5.41, 5.74) is 0.323. The first-order chi connectivity index (χ1) is 8.10. The molecule has 5 nitrogen and oxygen atoms in total. The number of hydrogen-bond donors (Lipinski definition) is 2. The fraction of sp³-hybridized carbons (Fsp3) is 0.364. The molecule has 0 aromatic heterocycles. The monoisotopic (exact) mass is 237 g/mol. The molecular formula is C11H16BNO4. The summed E-state index contributed by atoms with van der Waals surface area (Å²) in [5, 5.41) is 17.5. The second kappa shape index (κ2) is 6.27. The molecule has 0 saturated carbocycles. The average molecular weight is 237 g/mol. The number of amides is 1. The number of benzene rings is 1. The van der Waals surface area contributed by atoms with E-state index in [0.717, 1.165) is 0 Å². The third kappa shape index (κ3) is 3.47. The van der Waals surface area contributed by atoms with E-state index in [9.17, 15) is 4.79 Å². The molecule has 0 bridgehead atoms. The summed E-state index contributed by atoms with van der Waals surface area (Å²) >= 11 is 0. The molecule has 0 aliphatic rings. The number of hydrogen-bond acceptors (Lipinski definition) is 4. The second-order valence-electron chi connectivity index (χ2n) is 3.42. The van der Waals surface area contributed by atoms with Gasteiger partial charge in [-0.3, -0.25) is 4.79 Å². The largest absolute Gasteiger partial charge is 0.707 e. The summed E-state index contributed by atoms with van der Waals surface area (Å²) in [7, 11) is -1.93. The molecule has 0 fully saturated rings. The summed E-state index contributed by atoms with van der Waals surface area (Å²) in [6.07, 6.45) is 0. The molecule has 0 saturated heterocycles. The van der Waals surface area contributed by atoms with E-state index in [1.807, 2.05) is 13.8 Å². The van der Waals surface area contributed by atoms with Crippen LogP contribution in [-0.4, -0.2) is 41.3 Å². The van der Waals surface area contributed by atoms with Gasteiger partial charge >= 0.3 is 7.32 Å². The maximum absolute atomic E-state index is 12.1. The Kier molecular flexibility index (Phi) is 4.99. The van der Waals surface area contributed by atoms with Crippen molar-refractivity contribution >= 4 is 13.2 Å². The minimum Gasteiger partial charge on any atom is -0.511 e. The predicted molar refractivity (Wildman–Crippen MR) is 64.5 cm³/mol. The van der Waals surface area contributed by atoms with Crippen molar-refractivity contribution in [3.05, 3.63) is 29.8 Å². The fourth-order valence-electron chi connectivity index (χ4n) is 1.54. The van der Waals surface area contributed by atoms with Crippen LogP contribution in [0.25, 0.3) is 0 Å². The number of para-hydroxylation sites is 1. The summed E-state index contributed by atoms with van der Waals surface area (Å²) in [6, 6.07) is 6.48. The third-order valence-electron chi connectivity index (χ3n) is 2.40. The number of carbonyl (C=O) groups excluding carboxylic acids is 1. The third-order valence-corrected chi connectivity index (χ3v) is 2.40. The van der Waals surface area contributed by atoms with E-state index in [0.29, 0.717) is 18.7 Å². The Labute approximate surface area is 101 Å². The molecule has 1 aromatic carbocycles. The Morgan fingerprint density at radius 2 is 1.88 bits per heavy atom. The Bertz CT molecular complexity index is 379. The number of carbonyl (C=O) groups is 1. The first-order valence-corrected chi connectivity index (χ1v) is 5.51. The van der Waals surface area contributed by atoms with Crippen molar-refractivity contribution in [3.63, 3.8) is 0 Å². The zero-order chi connectivity index (χ0) is 12.8. The van der Waals surface area contributed by atoms with Crippen LogP contribution in [0.4, 0.5) is 0 Å². The summed E-state index contributed by atoms with van der Waals surface area (Å²) < 4.78 is 4.77. The van der Waals surface area contributed by atoms with Crippen molar-refractivity contribution in [2.45, 2.75) is 13.8 Å². The SMILES string of the molecule is CCN(CC)C(=O)c1ccccc1OB(O)O. The maximum atomic E-state index is 12.1. The number of nitrogens with zero attached hydrogens (tertiary/aromatic N) is 1. The van der Waals surface area contributed by atoms with Crippen LogP contribution in [-0.2, 0) is 0 Å². The summed E-state index contributed by atoms with van der Waals surface area (Å²) in [5.74, 6) is -0.0225. The first-order valence-electron chi connectivity index (χ1n) is 5.51. The molecule has 0 unspecified atom stereocenters. The van der Waals surface area contributed by atoms with E-state index in [4.69, 9.17) is 14.7 Å². The Morgan fingerprint density at radius 3 is 2.41 bits per heavy atom. The van der Waals surface area contributed by atoms with Gasteiger partial charge in [-0.05, 0) is 26.0 Å². The molecular weight excluding hydrogens is 221 g/mol. The van der Waals surface area contributed by atoms with Crippen molar-refractivity contribution in [2.24, 2.45) is 0 Å². The van der Waals surface area contributed by atoms with E-state index in [-0.39, 0.29) is 11.7 Å². The highest BCUT2D eigenvalue weighted by atomic mass is 16.6. The van der Waals surface area contributed by atoms with Gasteiger partial charge in [-0.15, -0.1) is 0 Å². The van der Waals surface area contributed by atoms with E-state index in [1.54, 1.807) is 23.1 Å². The second-order valence-corrected chi connectivity index (χ2v) is 3.42. The van der Waals surface area contributed by atoms with Crippen LogP contribution in [0.15, 0.2) is 24.3 Å². The fourth-order valence-corrected chi connectivity index (χ4v) is 1.54. The number of rotatable bonds is 5. The molecule has 6 heteroatoms. The van der Waals surface area contributed by atoms with Gasteiger partial charge in [0.15, 0.2) is 0 Å². The van der Waals surface area contributed by atoms with Gasteiger partial charge in [-0.1, -0.05) is 12.1 Å². The van der Waals surface area contributed by atoms with Crippen LogP contribution in [0.5, 0.6) is 5.75 Å². The van der Waals surface area contributed by atoms with E-state index >= 15 is 0 Å². The average Bonchev–Trinajstić information content (AvgIpc) is 2.30. The molecule has 0 atom stereocenters. The van der Waals surface area contributed by atoms with Crippen LogP contribution < -0.4 is 4.65 Å². The molecule has 2 N–H and O–H groups in total. The summed E-state index contributed by atoms with van der Waals surface area (Å²) in [4.78, 5) is 13.7. The van der Waals surface area contributed by atoms with Crippen LogP contribution in [0.3, 0.4) is 0 Å². The minimum absolute atomic E-state index is 0.166. The highest BCUT2D eigenvalue weighted by Gasteiger charge is 2.20. The lowest BCUT2D eigenvalue weighted by atomic mass is 10.1. The zero-order valence-corrected chi connectivity index (χ0v) is 9.96. The molecule has 1 amide bonds. The van der Waals surface area contributed by atoms with Gasteiger partial charge in [-0.2, -0.15) is 0 Å². The van der Waals surface area contributed by atoms with Gasteiger partial charge in [-0.25, -0.2) is 0 Å². The van der Waals surface area contributed by atoms with E-state index in [2.05, 4.69) is 0 Å². The van der Waals surface area contributed by atoms with Gasteiger partial charge in [0.25, 0.3) is 5.91 Å².